The Balaban J connectivity index is 1.65. The quantitative estimate of drug-likeness (QED) is 0.786. The fourth-order valence-corrected chi connectivity index (χ4v) is 2.01. The van der Waals surface area contributed by atoms with Gasteiger partial charge < -0.3 is 10.1 Å². The first-order valence-corrected chi connectivity index (χ1v) is 7.17. The molecular formula is C18H15N3O2. The monoisotopic (exact) mass is 305 g/mol. The highest BCUT2D eigenvalue weighted by atomic mass is 16.5. The number of nitrogens with one attached hydrogen (secondary N) is 1. The van der Waals surface area contributed by atoms with E-state index in [4.69, 9.17) is 4.74 Å². The largest absolute Gasteiger partial charge is 0.439 e. The second kappa shape index (κ2) is 7.17. The number of pyridine rings is 2. The lowest BCUT2D eigenvalue weighted by Crippen LogP contribution is -2.22. The van der Waals surface area contributed by atoms with Crippen molar-refractivity contribution < 1.29 is 9.53 Å². The van der Waals surface area contributed by atoms with Gasteiger partial charge in [0.05, 0.1) is 0 Å². The van der Waals surface area contributed by atoms with Gasteiger partial charge in [0.15, 0.2) is 0 Å². The van der Waals surface area contributed by atoms with Crippen molar-refractivity contribution in [3.63, 3.8) is 0 Å². The maximum atomic E-state index is 12.2. The topological polar surface area (TPSA) is 64.1 Å². The fourth-order valence-electron chi connectivity index (χ4n) is 2.01. The van der Waals surface area contributed by atoms with Gasteiger partial charge in [-0.25, -0.2) is 4.98 Å². The number of nitrogens with zero attached hydrogens (tertiary/aromatic N) is 2. The van der Waals surface area contributed by atoms with Gasteiger partial charge in [0.25, 0.3) is 5.91 Å². The smallest absolute Gasteiger partial charge is 0.251 e. The van der Waals surface area contributed by atoms with Gasteiger partial charge in [0, 0.05) is 36.8 Å². The third-order valence-corrected chi connectivity index (χ3v) is 3.16. The molecule has 0 atom stereocenters. The van der Waals surface area contributed by atoms with Crippen molar-refractivity contribution in [2.75, 3.05) is 0 Å². The molecule has 0 unspecified atom stereocenters. The highest BCUT2D eigenvalue weighted by Crippen LogP contribution is 2.20. The van der Waals surface area contributed by atoms with E-state index in [0.717, 1.165) is 5.56 Å². The molecule has 0 aliphatic carbocycles. The lowest BCUT2D eigenvalue weighted by atomic mass is 10.2. The first-order chi connectivity index (χ1) is 11.3. The molecule has 0 bridgehead atoms. The molecule has 1 aromatic carbocycles. The van der Waals surface area contributed by atoms with Gasteiger partial charge in [-0.2, -0.15) is 0 Å². The summed E-state index contributed by atoms with van der Waals surface area (Å²) >= 11 is 0. The number of hydrogen-bond acceptors (Lipinski definition) is 4. The summed E-state index contributed by atoms with van der Waals surface area (Å²) in [7, 11) is 0. The molecule has 0 fully saturated rings. The predicted octanol–water partition coefficient (Wildman–Crippen LogP) is 3.20. The Labute approximate surface area is 134 Å². The summed E-state index contributed by atoms with van der Waals surface area (Å²) in [6, 6.07) is 16.1. The number of carbonyl (C=O) groups excluding carboxylic acids is 1. The van der Waals surface area contributed by atoms with E-state index in [-0.39, 0.29) is 5.91 Å². The third kappa shape index (κ3) is 4.14. The van der Waals surface area contributed by atoms with Crippen LogP contribution in [0.3, 0.4) is 0 Å². The molecule has 0 aliphatic heterocycles. The summed E-state index contributed by atoms with van der Waals surface area (Å²) in [4.78, 5) is 20.3. The van der Waals surface area contributed by atoms with Crippen molar-refractivity contribution in [2.45, 2.75) is 6.54 Å². The van der Waals surface area contributed by atoms with Crippen LogP contribution >= 0.6 is 0 Å². The van der Waals surface area contributed by atoms with Crippen LogP contribution in [0.25, 0.3) is 0 Å². The van der Waals surface area contributed by atoms with Crippen molar-refractivity contribution >= 4 is 5.91 Å². The second-order valence-corrected chi connectivity index (χ2v) is 4.84. The van der Waals surface area contributed by atoms with Crippen LogP contribution in [0.5, 0.6) is 11.6 Å². The second-order valence-electron chi connectivity index (χ2n) is 4.84. The van der Waals surface area contributed by atoms with Crippen molar-refractivity contribution in [1.29, 1.82) is 0 Å². The van der Waals surface area contributed by atoms with Crippen molar-refractivity contribution in [3.8, 4) is 11.6 Å². The average Bonchev–Trinajstić information content (AvgIpc) is 2.62. The molecule has 3 aromatic rings. The maximum Gasteiger partial charge on any atom is 0.251 e. The molecule has 2 aromatic heterocycles. The van der Waals surface area contributed by atoms with E-state index < -0.39 is 0 Å². The van der Waals surface area contributed by atoms with Crippen LogP contribution in [0, 0.1) is 0 Å². The number of ether oxygens (including phenoxy) is 1. The minimum absolute atomic E-state index is 0.159. The number of amides is 1. The summed E-state index contributed by atoms with van der Waals surface area (Å²) < 4.78 is 5.63. The van der Waals surface area contributed by atoms with Gasteiger partial charge in [-0.15, -0.1) is 0 Å². The molecule has 23 heavy (non-hydrogen) atoms. The zero-order chi connectivity index (χ0) is 15.9. The summed E-state index contributed by atoms with van der Waals surface area (Å²) in [5, 5.41) is 2.87. The highest BCUT2D eigenvalue weighted by Gasteiger charge is 2.07. The molecule has 0 saturated carbocycles. The Morgan fingerprint density at radius 2 is 1.87 bits per heavy atom. The molecule has 2 heterocycles. The van der Waals surface area contributed by atoms with Crippen LogP contribution in [0.15, 0.2) is 73.2 Å². The van der Waals surface area contributed by atoms with Crippen LogP contribution in [0.1, 0.15) is 15.9 Å². The Morgan fingerprint density at radius 1 is 1.00 bits per heavy atom. The van der Waals surface area contributed by atoms with Crippen molar-refractivity contribution in [1.82, 2.24) is 15.3 Å². The minimum atomic E-state index is -0.159. The van der Waals surface area contributed by atoms with Crippen LogP contribution in [0.2, 0.25) is 0 Å². The van der Waals surface area contributed by atoms with Crippen molar-refractivity contribution in [2.24, 2.45) is 0 Å². The first kappa shape index (κ1) is 14.7. The lowest BCUT2D eigenvalue weighted by molar-refractivity contribution is 0.0950. The zero-order valence-corrected chi connectivity index (χ0v) is 12.3. The fraction of sp³-hybridized carbons (Fsp3) is 0.0556. The maximum absolute atomic E-state index is 12.2. The predicted molar refractivity (Wildman–Crippen MR) is 86.2 cm³/mol. The zero-order valence-electron chi connectivity index (χ0n) is 12.3. The summed E-state index contributed by atoms with van der Waals surface area (Å²) in [5.74, 6) is 0.899. The molecule has 1 N–H and O–H groups in total. The van der Waals surface area contributed by atoms with Crippen LogP contribution in [-0.2, 0) is 6.54 Å². The standard InChI is InChI=1S/C18H15N3O2/c22-18(21-13-14-7-10-19-11-8-14)15-4-3-5-16(12-15)23-17-6-1-2-9-20-17/h1-12H,13H2,(H,21,22). The van der Waals surface area contributed by atoms with Gasteiger partial charge in [-0.05, 0) is 42.0 Å². The van der Waals surface area contributed by atoms with Gasteiger partial charge in [0.1, 0.15) is 5.75 Å². The summed E-state index contributed by atoms with van der Waals surface area (Å²) in [6.45, 7) is 0.451. The average molecular weight is 305 g/mol. The highest BCUT2D eigenvalue weighted by molar-refractivity contribution is 5.94. The number of aromatic nitrogens is 2. The lowest BCUT2D eigenvalue weighted by Gasteiger charge is -2.08. The molecule has 114 valence electrons. The SMILES string of the molecule is O=C(NCc1ccncc1)c1cccc(Oc2ccccn2)c1. The number of carbonyl (C=O) groups is 1. The van der Waals surface area contributed by atoms with Crippen LogP contribution in [-0.4, -0.2) is 15.9 Å². The number of benzene rings is 1. The molecule has 3 rings (SSSR count). The van der Waals surface area contributed by atoms with Gasteiger partial charge in [-0.3, -0.25) is 9.78 Å². The molecule has 5 nitrogen and oxygen atoms in total. The molecule has 0 radical (unpaired) electrons. The van der Waals surface area contributed by atoms with E-state index in [2.05, 4.69) is 15.3 Å². The first-order valence-electron chi connectivity index (χ1n) is 7.17. The van der Waals surface area contributed by atoms with Gasteiger partial charge >= 0.3 is 0 Å². The van der Waals surface area contributed by atoms with Crippen molar-refractivity contribution in [3.05, 3.63) is 84.3 Å². The Morgan fingerprint density at radius 3 is 2.65 bits per heavy atom. The number of rotatable bonds is 5. The van der Waals surface area contributed by atoms with E-state index >= 15 is 0 Å². The van der Waals surface area contributed by atoms with Gasteiger partial charge in [0.2, 0.25) is 5.88 Å². The van der Waals surface area contributed by atoms with Gasteiger partial charge in [-0.1, -0.05) is 12.1 Å². The van der Waals surface area contributed by atoms with E-state index in [1.54, 1.807) is 48.9 Å². The minimum Gasteiger partial charge on any atom is -0.439 e. The Hall–Kier alpha value is -3.21. The molecule has 1 amide bonds. The Kier molecular flexibility index (Phi) is 4.59. The molecule has 0 aliphatic rings. The molecule has 5 heteroatoms. The van der Waals surface area contributed by atoms with E-state index in [1.165, 1.54) is 0 Å². The Bertz CT molecular complexity index is 777. The molecule has 0 saturated heterocycles. The van der Waals surface area contributed by atoms with Crippen LogP contribution in [0.4, 0.5) is 0 Å². The normalized spacial score (nSPS) is 10.1. The van der Waals surface area contributed by atoms with E-state index in [1.807, 2.05) is 24.3 Å². The summed E-state index contributed by atoms with van der Waals surface area (Å²) in [5.41, 5.74) is 1.53. The van der Waals surface area contributed by atoms with Crippen LogP contribution < -0.4 is 10.1 Å². The summed E-state index contributed by atoms with van der Waals surface area (Å²) in [6.07, 6.45) is 5.05. The molecular weight excluding hydrogens is 290 g/mol. The molecule has 0 spiro atoms. The third-order valence-electron chi connectivity index (χ3n) is 3.16. The number of hydrogen-bond donors (Lipinski definition) is 1. The van der Waals surface area contributed by atoms with E-state index in [9.17, 15) is 4.79 Å². The van der Waals surface area contributed by atoms with E-state index in [0.29, 0.717) is 23.7 Å².